The first-order valence-corrected chi connectivity index (χ1v) is 12.3. The number of benzene rings is 1. The summed E-state index contributed by atoms with van der Waals surface area (Å²) in [4.78, 5) is 33.0. The molecule has 0 saturated carbocycles. The molecule has 0 radical (unpaired) electrons. The molecule has 0 spiro atoms. The third kappa shape index (κ3) is 4.18. The number of carbonyl (C=O) groups is 1. The van der Waals surface area contributed by atoms with Gasteiger partial charge in [-0.05, 0) is 56.2 Å². The minimum absolute atomic E-state index is 0.0240. The van der Waals surface area contributed by atoms with Crippen molar-refractivity contribution in [2.75, 3.05) is 5.75 Å². The molecule has 4 rings (SSSR count). The predicted octanol–water partition coefficient (Wildman–Crippen LogP) is 4.58. The van der Waals surface area contributed by atoms with Gasteiger partial charge in [0.25, 0.3) is 5.56 Å². The Kier molecular flexibility index (Phi) is 6.29. The number of thiophene rings is 1. The van der Waals surface area contributed by atoms with E-state index in [2.05, 4.69) is 19.2 Å². The zero-order valence-electron chi connectivity index (χ0n) is 17.6. The minimum atomic E-state index is -0.0411. The lowest BCUT2D eigenvalue weighted by Crippen LogP contribution is -2.37. The number of amides is 1. The molecule has 1 atom stereocenters. The van der Waals surface area contributed by atoms with Crippen molar-refractivity contribution in [2.45, 2.75) is 57.7 Å². The predicted molar refractivity (Wildman–Crippen MR) is 125 cm³/mol. The fourth-order valence-electron chi connectivity index (χ4n) is 3.68. The van der Waals surface area contributed by atoms with Crippen molar-refractivity contribution < 1.29 is 4.79 Å². The van der Waals surface area contributed by atoms with Gasteiger partial charge in [-0.3, -0.25) is 14.2 Å². The average molecular weight is 442 g/mol. The maximum atomic E-state index is 13.6. The van der Waals surface area contributed by atoms with Crippen LogP contribution in [0.1, 0.15) is 44.1 Å². The molecular formula is C23H27N3O2S2. The van der Waals surface area contributed by atoms with Crippen LogP contribution in [-0.4, -0.2) is 27.3 Å². The molecule has 0 fully saturated rings. The molecule has 1 amide bonds. The van der Waals surface area contributed by atoms with Crippen LogP contribution >= 0.6 is 23.1 Å². The van der Waals surface area contributed by atoms with Gasteiger partial charge in [0.05, 0.1) is 16.8 Å². The van der Waals surface area contributed by atoms with Crippen molar-refractivity contribution in [3.63, 3.8) is 0 Å². The van der Waals surface area contributed by atoms with Crippen LogP contribution < -0.4 is 10.9 Å². The first-order valence-electron chi connectivity index (χ1n) is 10.5. The maximum absolute atomic E-state index is 13.6. The standard InChI is InChI=1S/C23H27N3O2S2/c1-14(2)15(3)24-19(27)13-29-23-25-21-20(17-11-7-8-12-18(17)30-21)22(28)26(23)16-9-5-4-6-10-16/h4-6,9-10,14-15H,7-8,11-13H2,1-3H3,(H,24,27). The summed E-state index contributed by atoms with van der Waals surface area (Å²) in [5, 5.41) is 4.37. The van der Waals surface area contributed by atoms with E-state index in [0.717, 1.165) is 35.2 Å². The molecule has 0 bridgehead atoms. The number of para-hydroxylation sites is 1. The number of aryl methyl sites for hydroxylation is 2. The lowest BCUT2D eigenvalue weighted by Gasteiger charge is -2.17. The van der Waals surface area contributed by atoms with E-state index < -0.39 is 0 Å². The van der Waals surface area contributed by atoms with Crippen molar-refractivity contribution in [3.05, 3.63) is 51.1 Å². The summed E-state index contributed by atoms with van der Waals surface area (Å²) in [5.74, 6) is 0.557. The molecule has 7 heteroatoms. The van der Waals surface area contributed by atoms with Gasteiger partial charge in [-0.1, -0.05) is 43.8 Å². The fourth-order valence-corrected chi connectivity index (χ4v) is 5.81. The molecule has 158 valence electrons. The molecule has 3 aromatic rings. The number of hydrogen-bond acceptors (Lipinski definition) is 5. The lowest BCUT2D eigenvalue weighted by molar-refractivity contribution is -0.119. The van der Waals surface area contributed by atoms with E-state index in [0.29, 0.717) is 11.1 Å². The summed E-state index contributed by atoms with van der Waals surface area (Å²) < 4.78 is 1.67. The number of thioether (sulfide) groups is 1. The van der Waals surface area contributed by atoms with E-state index in [-0.39, 0.29) is 23.3 Å². The second-order valence-electron chi connectivity index (χ2n) is 8.15. The van der Waals surface area contributed by atoms with Gasteiger partial charge in [-0.2, -0.15) is 0 Å². The van der Waals surface area contributed by atoms with Crippen molar-refractivity contribution in [2.24, 2.45) is 5.92 Å². The van der Waals surface area contributed by atoms with Crippen LogP contribution in [-0.2, 0) is 17.6 Å². The Labute approximate surface area is 184 Å². The molecule has 2 heterocycles. The van der Waals surface area contributed by atoms with E-state index in [1.807, 2.05) is 37.3 Å². The third-order valence-corrected chi connectivity index (χ3v) is 7.82. The molecule has 1 aliphatic carbocycles. The first-order chi connectivity index (χ1) is 14.5. The number of nitrogens with one attached hydrogen (secondary N) is 1. The fraction of sp³-hybridized carbons (Fsp3) is 0.435. The largest absolute Gasteiger partial charge is 0.353 e. The van der Waals surface area contributed by atoms with Crippen molar-refractivity contribution in [1.29, 1.82) is 0 Å². The van der Waals surface area contributed by atoms with Crippen molar-refractivity contribution in [1.82, 2.24) is 14.9 Å². The molecule has 30 heavy (non-hydrogen) atoms. The Morgan fingerprint density at radius 1 is 1.20 bits per heavy atom. The van der Waals surface area contributed by atoms with Gasteiger partial charge in [0.15, 0.2) is 5.16 Å². The minimum Gasteiger partial charge on any atom is -0.353 e. The van der Waals surface area contributed by atoms with Gasteiger partial charge < -0.3 is 5.32 Å². The summed E-state index contributed by atoms with van der Waals surface area (Å²) in [6.07, 6.45) is 4.26. The SMILES string of the molecule is CC(C)C(C)NC(=O)CSc1nc2sc3c(c2c(=O)n1-c1ccccc1)CCCC3. The molecule has 1 N–H and O–H groups in total. The highest BCUT2D eigenvalue weighted by atomic mass is 32.2. The second kappa shape index (κ2) is 8.94. The summed E-state index contributed by atoms with van der Waals surface area (Å²) in [6.45, 7) is 6.17. The molecule has 2 aromatic heterocycles. The van der Waals surface area contributed by atoms with Crippen LogP contribution in [0.4, 0.5) is 0 Å². The molecule has 1 aromatic carbocycles. The molecular weight excluding hydrogens is 414 g/mol. The Bertz CT molecular complexity index is 1120. The average Bonchev–Trinajstić information content (AvgIpc) is 3.11. The number of carbonyl (C=O) groups excluding carboxylic acids is 1. The monoisotopic (exact) mass is 441 g/mol. The van der Waals surface area contributed by atoms with Crippen LogP contribution in [0.3, 0.4) is 0 Å². The van der Waals surface area contributed by atoms with E-state index in [9.17, 15) is 9.59 Å². The highest BCUT2D eigenvalue weighted by Gasteiger charge is 2.23. The van der Waals surface area contributed by atoms with E-state index in [4.69, 9.17) is 4.98 Å². The third-order valence-electron chi connectivity index (χ3n) is 5.69. The molecule has 5 nitrogen and oxygen atoms in total. The Hall–Kier alpha value is -2.12. The number of aromatic nitrogens is 2. The van der Waals surface area contributed by atoms with E-state index >= 15 is 0 Å². The normalized spacial score (nSPS) is 14.7. The highest BCUT2D eigenvalue weighted by Crippen LogP contribution is 2.35. The smallest absolute Gasteiger partial charge is 0.267 e. The number of hydrogen-bond donors (Lipinski definition) is 1. The second-order valence-corrected chi connectivity index (χ2v) is 10.2. The molecule has 0 aliphatic heterocycles. The summed E-state index contributed by atoms with van der Waals surface area (Å²) in [6, 6.07) is 9.70. The Morgan fingerprint density at radius 3 is 2.67 bits per heavy atom. The number of rotatable bonds is 6. The van der Waals surface area contributed by atoms with Gasteiger partial charge in [0.1, 0.15) is 4.83 Å². The van der Waals surface area contributed by atoms with Gasteiger partial charge >= 0.3 is 0 Å². The van der Waals surface area contributed by atoms with Gasteiger partial charge in [-0.25, -0.2) is 4.98 Å². The Morgan fingerprint density at radius 2 is 1.93 bits per heavy atom. The zero-order valence-corrected chi connectivity index (χ0v) is 19.2. The maximum Gasteiger partial charge on any atom is 0.267 e. The number of fused-ring (bicyclic) bond motifs is 3. The van der Waals surface area contributed by atoms with Crippen LogP contribution in [0.5, 0.6) is 0 Å². The van der Waals surface area contributed by atoms with Gasteiger partial charge in [-0.15, -0.1) is 11.3 Å². The molecule has 0 saturated heterocycles. The first kappa shape index (κ1) is 21.1. The summed E-state index contributed by atoms with van der Waals surface area (Å²) >= 11 is 2.97. The summed E-state index contributed by atoms with van der Waals surface area (Å²) in [7, 11) is 0. The van der Waals surface area contributed by atoms with Crippen LogP contribution in [0.2, 0.25) is 0 Å². The lowest BCUT2D eigenvalue weighted by atomic mass is 9.97. The molecule has 1 unspecified atom stereocenters. The Balaban J connectivity index is 1.74. The molecule has 1 aliphatic rings. The van der Waals surface area contributed by atoms with Crippen LogP contribution in [0.15, 0.2) is 40.3 Å². The topological polar surface area (TPSA) is 64.0 Å². The van der Waals surface area contributed by atoms with Crippen molar-refractivity contribution in [3.8, 4) is 5.69 Å². The van der Waals surface area contributed by atoms with Crippen molar-refractivity contribution >= 4 is 39.2 Å². The quantitative estimate of drug-likeness (QED) is 0.449. The van der Waals surface area contributed by atoms with Crippen LogP contribution in [0, 0.1) is 5.92 Å². The number of nitrogens with zero attached hydrogens (tertiary/aromatic N) is 2. The van der Waals surface area contributed by atoms with Gasteiger partial charge in [0, 0.05) is 10.9 Å². The van der Waals surface area contributed by atoms with E-state index in [1.165, 1.54) is 28.6 Å². The van der Waals surface area contributed by atoms with E-state index in [1.54, 1.807) is 15.9 Å². The highest BCUT2D eigenvalue weighted by molar-refractivity contribution is 7.99. The zero-order chi connectivity index (χ0) is 21.3. The summed E-state index contributed by atoms with van der Waals surface area (Å²) in [5.41, 5.74) is 1.94. The van der Waals surface area contributed by atoms with Gasteiger partial charge in [0.2, 0.25) is 5.91 Å². The van der Waals surface area contributed by atoms with Crippen LogP contribution in [0.25, 0.3) is 15.9 Å².